The molecule has 0 saturated heterocycles. The monoisotopic (exact) mass is 221 g/mol. The van der Waals surface area contributed by atoms with Gasteiger partial charge in [-0.2, -0.15) is 0 Å². The molecule has 0 saturated carbocycles. The van der Waals surface area contributed by atoms with Gasteiger partial charge in [0.2, 0.25) is 5.91 Å². The Morgan fingerprint density at radius 1 is 1.31 bits per heavy atom. The molecule has 0 heterocycles. The molecule has 1 aromatic carbocycles. The number of benzene rings is 1. The number of carbonyl (C=O) groups is 1. The van der Waals surface area contributed by atoms with E-state index >= 15 is 0 Å². The van der Waals surface area contributed by atoms with E-state index in [-0.39, 0.29) is 0 Å². The van der Waals surface area contributed by atoms with Crippen molar-refractivity contribution in [2.24, 2.45) is 17.2 Å². The molecule has 88 valence electrons. The Balaban J connectivity index is 2.39. The minimum absolute atomic E-state index is 0.435. The zero-order chi connectivity index (χ0) is 12.0. The highest BCUT2D eigenvalue weighted by Crippen LogP contribution is 2.09. The summed E-state index contributed by atoms with van der Waals surface area (Å²) in [4.78, 5) is 10.7. The lowest BCUT2D eigenvalue weighted by molar-refractivity contribution is -0.119. The molecule has 4 nitrogen and oxygen atoms in total. The molecule has 0 aliphatic rings. The van der Waals surface area contributed by atoms with Crippen molar-refractivity contribution < 1.29 is 4.79 Å². The van der Waals surface area contributed by atoms with Crippen molar-refractivity contribution in [3.8, 4) is 0 Å². The normalized spacial score (nSPS) is 12.4. The van der Waals surface area contributed by atoms with Crippen molar-refractivity contribution in [1.29, 1.82) is 0 Å². The Morgan fingerprint density at radius 2 is 2.00 bits per heavy atom. The Morgan fingerprint density at radius 3 is 2.62 bits per heavy atom. The number of rotatable bonds is 6. The van der Waals surface area contributed by atoms with Gasteiger partial charge in [-0.3, -0.25) is 4.79 Å². The molecular formula is C12H19N3O. The first-order chi connectivity index (χ1) is 7.63. The lowest BCUT2D eigenvalue weighted by Crippen LogP contribution is -2.36. The summed E-state index contributed by atoms with van der Waals surface area (Å²) in [6, 6.07) is 7.59. The first kappa shape index (κ1) is 12.7. The van der Waals surface area contributed by atoms with Crippen molar-refractivity contribution in [3.63, 3.8) is 0 Å². The van der Waals surface area contributed by atoms with Crippen LogP contribution in [0.2, 0.25) is 0 Å². The number of amides is 1. The molecule has 0 aliphatic carbocycles. The maximum Gasteiger partial charge on any atom is 0.234 e. The third-order valence-corrected chi connectivity index (χ3v) is 2.57. The molecular weight excluding hydrogens is 202 g/mol. The third kappa shape index (κ3) is 4.00. The summed E-state index contributed by atoms with van der Waals surface area (Å²) in [5.74, 6) is -0.435. The van der Waals surface area contributed by atoms with E-state index < -0.39 is 11.9 Å². The van der Waals surface area contributed by atoms with Crippen molar-refractivity contribution in [2.45, 2.75) is 31.8 Å². The van der Waals surface area contributed by atoms with Gasteiger partial charge in [0.1, 0.15) is 0 Å². The van der Waals surface area contributed by atoms with Crippen LogP contribution in [-0.4, -0.2) is 11.9 Å². The third-order valence-electron chi connectivity index (χ3n) is 2.57. The fourth-order valence-electron chi connectivity index (χ4n) is 1.58. The van der Waals surface area contributed by atoms with Gasteiger partial charge in [-0.15, -0.1) is 0 Å². The minimum Gasteiger partial charge on any atom is -0.368 e. The Kier molecular flexibility index (Phi) is 4.95. The van der Waals surface area contributed by atoms with E-state index in [2.05, 4.69) is 12.1 Å². The predicted molar refractivity (Wildman–Crippen MR) is 64.4 cm³/mol. The molecule has 0 unspecified atom stereocenters. The zero-order valence-electron chi connectivity index (χ0n) is 9.36. The molecule has 1 aromatic rings. The lowest BCUT2D eigenvalue weighted by atomic mass is 10.0. The molecule has 16 heavy (non-hydrogen) atoms. The maximum absolute atomic E-state index is 10.7. The molecule has 0 radical (unpaired) electrons. The van der Waals surface area contributed by atoms with Crippen LogP contribution in [0.25, 0.3) is 0 Å². The summed E-state index contributed by atoms with van der Waals surface area (Å²) in [7, 11) is 0. The van der Waals surface area contributed by atoms with Crippen LogP contribution in [0.3, 0.4) is 0 Å². The van der Waals surface area contributed by atoms with Crippen LogP contribution in [0.5, 0.6) is 0 Å². The van der Waals surface area contributed by atoms with E-state index in [1.54, 1.807) is 0 Å². The Labute approximate surface area is 95.8 Å². The van der Waals surface area contributed by atoms with Crippen molar-refractivity contribution in [3.05, 3.63) is 35.4 Å². The van der Waals surface area contributed by atoms with Gasteiger partial charge in [0.25, 0.3) is 0 Å². The summed E-state index contributed by atoms with van der Waals surface area (Å²) >= 11 is 0. The van der Waals surface area contributed by atoms with E-state index in [0.717, 1.165) is 18.4 Å². The second-order valence-electron chi connectivity index (χ2n) is 3.93. The number of primary amides is 1. The van der Waals surface area contributed by atoms with Crippen LogP contribution in [0.1, 0.15) is 24.0 Å². The number of hydrogen-bond donors (Lipinski definition) is 3. The van der Waals surface area contributed by atoms with Crippen LogP contribution in [0, 0.1) is 0 Å². The van der Waals surface area contributed by atoms with Crippen LogP contribution in [-0.2, 0) is 17.8 Å². The number of hydrogen-bond acceptors (Lipinski definition) is 3. The predicted octanol–water partition coefficient (Wildman–Crippen LogP) is 0.281. The largest absolute Gasteiger partial charge is 0.368 e. The minimum atomic E-state index is -0.530. The van der Waals surface area contributed by atoms with Gasteiger partial charge >= 0.3 is 0 Å². The molecule has 6 N–H and O–H groups in total. The highest BCUT2D eigenvalue weighted by Gasteiger charge is 2.08. The average molecular weight is 221 g/mol. The molecule has 4 heteroatoms. The lowest BCUT2D eigenvalue weighted by Gasteiger charge is -2.07. The van der Waals surface area contributed by atoms with Gasteiger partial charge < -0.3 is 17.2 Å². The van der Waals surface area contributed by atoms with Crippen molar-refractivity contribution in [2.75, 3.05) is 0 Å². The number of carbonyl (C=O) groups excluding carboxylic acids is 1. The van der Waals surface area contributed by atoms with E-state index in [4.69, 9.17) is 17.2 Å². The van der Waals surface area contributed by atoms with Crippen LogP contribution < -0.4 is 17.2 Å². The van der Waals surface area contributed by atoms with Gasteiger partial charge in [0.15, 0.2) is 0 Å². The Hall–Kier alpha value is -1.39. The van der Waals surface area contributed by atoms with E-state index in [9.17, 15) is 4.79 Å². The van der Waals surface area contributed by atoms with E-state index in [0.29, 0.717) is 13.0 Å². The fraction of sp³-hybridized carbons (Fsp3) is 0.417. The summed E-state index contributed by atoms with van der Waals surface area (Å²) in [5, 5.41) is 0. The summed E-state index contributed by atoms with van der Waals surface area (Å²) in [5.41, 5.74) is 18.5. The molecule has 0 bridgehead atoms. The second kappa shape index (κ2) is 6.25. The zero-order valence-corrected chi connectivity index (χ0v) is 9.36. The molecule has 0 aliphatic heterocycles. The SMILES string of the molecule is NCc1cccc(CCC[C@H](N)C(N)=O)c1. The van der Waals surface area contributed by atoms with E-state index in [1.807, 2.05) is 12.1 Å². The number of aryl methyl sites for hydroxylation is 1. The maximum atomic E-state index is 10.7. The molecule has 0 aromatic heterocycles. The smallest absolute Gasteiger partial charge is 0.234 e. The fourth-order valence-corrected chi connectivity index (χ4v) is 1.58. The number of nitrogens with two attached hydrogens (primary N) is 3. The van der Waals surface area contributed by atoms with Crippen LogP contribution >= 0.6 is 0 Å². The van der Waals surface area contributed by atoms with Gasteiger partial charge in [0, 0.05) is 6.54 Å². The van der Waals surface area contributed by atoms with E-state index in [1.165, 1.54) is 5.56 Å². The molecule has 1 atom stereocenters. The van der Waals surface area contributed by atoms with Gasteiger partial charge in [0.05, 0.1) is 6.04 Å². The Bertz CT molecular complexity index is 352. The van der Waals surface area contributed by atoms with Gasteiger partial charge in [-0.1, -0.05) is 24.3 Å². The molecule has 1 amide bonds. The molecule has 0 fully saturated rings. The van der Waals surface area contributed by atoms with Crippen LogP contribution in [0.15, 0.2) is 24.3 Å². The average Bonchev–Trinajstić information content (AvgIpc) is 2.29. The van der Waals surface area contributed by atoms with Crippen molar-refractivity contribution >= 4 is 5.91 Å². The second-order valence-corrected chi connectivity index (χ2v) is 3.93. The topological polar surface area (TPSA) is 95.1 Å². The quantitative estimate of drug-likeness (QED) is 0.644. The summed E-state index contributed by atoms with van der Waals surface area (Å²) in [6.45, 7) is 0.550. The van der Waals surface area contributed by atoms with Gasteiger partial charge in [-0.25, -0.2) is 0 Å². The highest BCUT2D eigenvalue weighted by atomic mass is 16.1. The first-order valence-corrected chi connectivity index (χ1v) is 5.46. The van der Waals surface area contributed by atoms with Crippen LogP contribution in [0.4, 0.5) is 0 Å². The van der Waals surface area contributed by atoms with Crippen molar-refractivity contribution in [1.82, 2.24) is 0 Å². The molecule has 0 spiro atoms. The highest BCUT2D eigenvalue weighted by molar-refractivity contribution is 5.79. The standard InChI is InChI=1S/C12H19N3O/c13-8-10-5-1-3-9(7-10)4-2-6-11(14)12(15)16/h1,3,5,7,11H,2,4,6,8,13-14H2,(H2,15,16)/t11-/m0/s1. The summed E-state index contributed by atoms with van der Waals surface area (Å²) in [6.07, 6.45) is 2.38. The molecule has 1 rings (SSSR count). The van der Waals surface area contributed by atoms with Gasteiger partial charge in [-0.05, 0) is 30.4 Å². The first-order valence-electron chi connectivity index (χ1n) is 5.46. The summed E-state index contributed by atoms with van der Waals surface area (Å²) < 4.78 is 0.